The molecule has 2 heteroatoms. The summed E-state index contributed by atoms with van der Waals surface area (Å²) >= 11 is 0. The predicted octanol–water partition coefficient (Wildman–Crippen LogP) is 2.27. The summed E-state index contributed by atoms with van der Waals surface area (Å²) in [6, 6.07) is 0. The van der Waals surface area contributed by atoms with Crippen LogP contribution in [0.2, 0.25) is 0 Å². The van der Waals surface area contributed by atoms with Gasteiger partial charge in [-0.1, -0.05) is 32.8 Å². The highest BCUT2D eigenvalue weighted by atomic mass is 16.5. The van der Waals surface area contributed by atoms with Crippen molar-refractivity contribution >= 4 is 0 Å². The van der Waals surface area contributed by atoms with Crippen LogP contribution in [0.4, 0.5) is 0 Å². The van der Waals surface area contributed by atoms with Gasteiger partial charge in [-0.2, -0.15) is 0 Å². The van der Waals surface area contributed by atoms with E-state index in [1.165, 1.54) is 19.3 Å². The van der Waals surface area contributed by atoms with Crippen molar-refractivity contribution in [1.82, 2.24) is 0 Å². The van der Waals surface area contributed by atoms with Crippen LogP contribution in [0.5, 0.6) is 0 Å². The molecule has 14 heavy (non-hydrogen) atoms. The summed E-state index contributed by atoms with van der Waals surface area (Å²) in [6.07, 6.45) is 5.98. The van der Waals surface area contributed by atoms with Crippen LogP contribution in [0, 0.1) is 5.41 Å². The van der Waals surface area contributed by atoms with Gasteiger partial charge in [0, 0.05) is 5.41 Å². The van der Waals surface area contributed by atoms with E-state index >= 15 is 0 Å². The fraction of sp³-hybridized carbons (Fsp3) is 0.833. The van der Waals surface area contributed by atoms with Gasteiger partial charge in [0.25, 0.3) is 0 Å². The second kappa shape index (κ2) is 3.35. The van der Waals surface area contributed by atoms with Crippen LogP contribution in [-0.4, -0.2) is 23.9 Å². The van der Waals surface area contributed by atoms with Crippen molar-refractivity contribution < 1.29 is 9.84 Å². The van der Waals surface area contributed by atoms with Crippen LogP contribution in [0.3, 0.4) is 0 Å². The molecule has 0 bridgehead atoms. The Morgan fingerprint density at radius 1 is 1.36 bits per heavy atom. The lowest BCUT2D eigenvalue weighted by Gasteiger charge is -2.35. The Hall–Kier alpha value is -0.340. The standard InChI is InChI=1S/C12H20O2/c1-10-11(2,8-13)9-14-12(10)6-4-3-5-7-12/h13H,1,3-9H2,2H3. The van der Waals surface area contributed by atoms with E-state index in [0.717, 1.165) is 18.4 Å². The summed E-state index contributed by atoms with van der Waals surface area (Å²) in [5.74, 6) is 0. The summed E-state index contributed by atoms with van der Waals surface area (Å²) < 4.78 is 5.94. The Morgan fingerprint density at radius 2 is 2.00 bits per heavy atom. The second-order valence-electron chi connectivity index (χ2n) is 5.04. The Balaban J connectivity index is 2.19. The van der Waals surface area contributed by atoms with Crippen molar-refractivity contribution in [2.24, 2.45) is 5.41 Å². The first-order valence-electron chi connectivity index (χ1n) is 5.58. The maximum Gasteiger partial charge on any atom is 0.0896 e. The quantitative estimate of drug-likeness (QED) is 0.652. The molecular formula is C12H20O2. The summed E-state index contributed by atoms with van der Waals surface area (Å²) in [5.41, 5.74) is 0.847. The van der Waals surface area contributed by atoms with E-state index in [9.17, 15) is 5.11 Å². The van der Waals surface area contributed by atoms with Crippen LogP contribution in [0.25, 0.3) is 0 Å². The molecule has 2 fully saturated rings. The van der Waals surface area contributed by atoms with Crippen LogP contribution in [-0.2, 0) is 4.74 Å². The molecule has 1 saturated carbocycles. The molecule has 1 atom stereocenters. The first-order valence-corrected chi connectivity index (χ1v) is 5.58. The van der Waals surface area contributed by atoms with E-state index < -0.39 is 0 Å². The second-order valence-corrected chi connectivity index (χ2v) is 5.04. The van der Waals surface area contributed by atoms with Gasteiger partial charge in [0.05, 0.1) is 18.8 Å². The SMILES string of the molecule is C=C1C(C)(CO)COC12CCCCC2. The van der Waals surface area contributed by atoms with Crippen LogP contribution < -0.4 is 0 Å². The van der Waals surface area contributed by atoms with Crippen molar-refractivity contribution in [2.75, 3.05) is 13.2 Å². The molecule has 0 aromatic rings. The molecule has 1 spiro atoms. The normalized spacial score (nSPS) is 36.6. The molecule has 2 nitrogen and oxygen atoms in total. The van der Waals surface area contributed by atoms with Crippen molar-refractivity contribution in [3.8, 4) is 0 Å². The van der Waals surface area contributed by atoms with Gasteiger partial charge in [0.2, 0.25) is 0 Å². The van der Waals surface area contributed by atoms with Crippen LogP contribution in [0.15, 0.2) is 12.2 Å². The van der Waals surface area contributed by atoms with Gasteiger partial charge in [-0.05, 0) is 18.4 Å². The van der Waals surface area contributed by atoms with Crippen molar-refractivity contribution in [1.29, 1.82) is 0 Å². The number of hydrogen-bond donors (Lipinski definition) is 1. The minimum Gasteiger partial charge on any atom is -0.395 e. The summed E-state index contributed by atoms with van der Waals surface area (Å²) in [4.78, 5) is 0. The minimum atomic E-state index is -0.197. The van der Waals surface area contributed by atoms with Crippen molar-refractivity contribution in [2.45, 2.75) is 44.6 Å². The van der Waals surface area contributed by atoms with E-state index in [1.807, 2.05) is 0 Å². The molecule has 1 unspecified atom stereocenters. The van der Waals surface area contributed by atoms with Crippen molar-refractivity contribution in [3.05, 3.63) is 12.2 Å². The molecular weight excluding hydrogens is 176 g/mol. The fourth-order valence-electron chi connectivity index (χ4n) is 2.73. The first kappa shape index (κ1) is 10.2. The lowest BCUT2D eigenvalue weighted by molar-refractivity contribution is -0.0138. The average molecular weight is 196 g/mol. The number of aliphatic hydroxyl groups is 1. The Labute approximate surface area is 86.0 Å². The molecule has 0 aromatic heterocycles. The lowest BCUT2D eigenvalue weighted by Crippen LogP contribution is -2.34. The number of rotatable bonds is 1. The van der Waals surface area contributed by atoms with E-state index in [-0.39, 0.29) is 17.6 Å². The maximum atomic E-state index is 9.37. The zero-order chi connectivity index (χ0) is 10.2. The van der Waals surface area contributed by atoms with Gasteiger partial charge in [-0.3, -0.25) is 0 Å². The maximum absolute atomic E-state index is 9.37. The highest BCUT2D eigenvalue weighted by molar-refractivity contribution is 5.27. The molecule has 2 rings (SSSR count). The fourth-order valence-corrected chi connectivity index (χ4v) is 2.73. The Morgan fingerprint density at radius 3 is 2.50 bits per heavy atom. The molecule has 1 heterocycles. The zero-order valence-electron chi connectivity index (χ0n) is 9.01. The van der Waals surface area contributed by atoms with E-state index in [4.69, 9.17) is 4.74 Å². The largest absolute Gasteiger partial charge is 0.395 e. The molecule has 0 aromatic carbocycles. The first-order chi connectivity index (χ1) is 6.63. The molecule has 0 amide bonds. The number of ether oxygens (including phenoxy) is 1. The van der Waals surface area contributed by atoms with Gasteiger partial charge in [0.15, 0.2) is 0 Å². The highest BCUT2D eigenvalue weighted by Crippen LogP contribution is 2.50. The molecule has 1 aliphatic carbocycles. The molecule has 1 saturated heterocycles. The summed E-state index contributed by atoms with van der Waals surface area (Å²) in [5, 5.41) is 9.37. The molecule has 1 N–H and O–H groups in total. The molecule has 1 aliphatic heterocycles. The Kier molecular flexibility index (Phi) is 2.44. The van der Waals surface area contributed by atoms with Crippen molar-refractivity contribution in [3.63, 3.8) is 0 Å². The van der Waals surface area contributed by atoms with Gasteiger partial charge in [-0.25, -0.2) is 0 Å². The van der Waals surface area contributed by atoms with Gasteiger partial charge in [0.1, 0.15) is 0 Å². The predicted molar refractivity (Wildman–Crippen MR) is 56.1 cm³/mol. The van der Waals surface area contributed by atoms with Crippen LogP contribution >= 0.6 is 0 Å². The summed E-state index contributed by atoms with van der Waals surface area (Å²) in [7, 11) is 0. The third-order valence-electron chi connectivity index (χ3n) is 3.96. The highest BCUT2D eigenvalue weighted by Gasteiger charge is 2.50. The third kappa shape index (κ3) is 1.32. The smallest absolute Gasteiger partial charge is 0.0896 e. The van der Waals surface area contributed by atoms with E-state index in [0.29, 0.717) is 6.61 Å². The lowest BCUT2D eigenvalue weighted by atomic mass is 9.72. The van der Waals surface area contributed by atoms with Gasteiger partial charge in [-0.15, -0.1) is 0 Å². The third-order valence-corrected chi connectivity index (χ3v) is 3.96. The van der Waals surface area contributed by atoms with E-state index in [1.54, 1.807) is 0 Å². The van der Waals surface area contributed by atoms with E-state index in [2.05, 4.69) is 13.5 Å². The minimum absolute atomic E-state index is 0.0876. The summed E-state index contributed by atoms with van der Waals surface area (Å²) in [6.45, 7) is 7.03. The molecule has 80 valence electrons. The van der Waals surface area contributed by atoms with Gasteiger partial charge < -0.3 is 9.84 Å². The zero-order valence-corrected chi connectivity index (χ0v) is 9.01. The Bertz CT molecular complexity index is 241. The van der Waals surface area contributed by atoms with Crippen LogP contribution in [0.1, 0.15) is 39.0 Å². The number of hydrogen-bond acceptors (Lipinski definition) is 2. The molecule has 2 aliphatic rings. The molecule has 0 radical (unpaired) electrons. The number of aliphatic hydroxyl groups excluding tert-OH is 1. The average Bonchev–Trinajstić information content (AvgIpc) is 2.47. The topological polar surface area (TPSA) is 29.5 Å². The monoisotopic (exact) mass is 196 g/mol. The van der Waals surface area contributed by atoms with Gasteiger partial charge >= 0.3 is 0 Å².